The molecule has 1 aromatic heterocycles. The van der Waals surface area contributed by atoms with Gasteiger partial charge in [0.15, 0.2) is 0 Å². The van der Waals surface area contributed by atoms with Crippen molar-refractivity contribution in [3.63, 3.8) is 0 Å². The smallest absolute Gasteiger partial charge is 0.265 e. The molecule has 1 fully saturated rings. The van der Waals surface area contributed by atoms with Crippen LogP contribution in [-0.2, 0) is 21.2 Å². The van der Waals surface area contributed by atoms with E-state index >= 15 is 0 Å². The van der Waals surface area contributed by atoms with E-state index in [1.165, 1.54) is 32.1 Å². The lowest BCUT2D eigenvalue weighted by Gasteiger charge is -2.21. The van der Waals surface area contributed by atoms with Gasteiger partial charge in [0.05, 0.1) is 17.3 Å². The normalized spacial score (nSPS) is 16.0. The highest BCUT2D eigenvalue weighted by Crippen LogP contribution is 2.33. The van der Waals surface area contributed by atoms with Crippen LogP contribution in [0.1, 0.15) is 49.1 Å². The number of nitrogens with one attached hydrogen (secondary N) is 1. The van der Waals surface area contributed by atoms with E-state index < -0.39 is 15.9 Å². The van der Waals surface area contributed by atoms with Crippen LogP contribution >= 0.6 is 23.2 Å². The molecule has 2 aliphatic rings. The summed E-state index contributed by atoms with van der Waals surface area (Å²) in [4.78, 5) is 16.8. The SMILES string of the molecule is O=C1C=C(c2cccc(-n3cc(-c4ccc(Cl)cc4Cl)nc3Cc3ccc(-c4ccc(OCC5CCCCC5)cc4)cc3)c2)S(=O)(=O)N1. The quantitative estimate of drug-likeness (QED) is 0.166. The fourth-order valence-electron chi connectivity index (χ4n) is 6.36. The summed E-state index contributed by atoms with van der Waals surface area (Å²) in [5.74, 6) is 1.62. The standard InChI is InChI=1S/C38H33Cl2N3O4S/c39-30-15-18-33(34(40)21-30)35-23-43(31-8-4-7-29(20-31)36-22-38(44)42-48(36,45)46)37(41-35)19-25-9-11-27(12-10-25)28-13-16-32(17-14-28)47-24-26-5-2-1-3-6-26/h4,7-18,20-23,26H,1-3,5-6,19,24H2,(H,42,44). The molecule has 7 nitrogen and oxygen atoms in total. The van der Waals surface area contributed by atoms with Gasteiger partial charge < -0.3 is 9.30 Å². The van der Waals surface area contributed by atoms with Gasteiger partial charge in [0.2, 0.25) is 0 Å². The zero-order valence-electron chi connectivity index (χ0n) is 26.0. The van der Waals surface area contributed by atoms with E-state index in [1.54, 1.807) is 30.3 Å². The number of ether oxygens (including phenoxy) is 1. The Labute approximate surface area is 290 Å². The molecule has 4 aromatic carbocycles. The zero-order chi connectivity index (χ0) is 33.3. The van der Waals surface area contributed by atoms with Gasteiger partial charge in [0.25, 0.3) is 15.9 Å². The van der Waals surface area contributed by atoms with Gasteiger partial charge in [-0.25, -0.2) is 18.1 Å². The lowest BCUT2D eigenvalue weighted by atomic mass is 9.90. The Kier molecular flexibility index (Phi) is 9.14. The van der Waals surface area contributed by atoms with Gasteiger partial charge >= 0.3 is 0 Å². The van der Waals surface area contributed by atoms with Crippen molar-refractivity contribution in [2.24, 2.45) is 5.92 Å². The fourth-order valence-corrected chi connectivity index (χ4v) is 8.00. The Morgan fingerprint density at radius 1 is 0.854 bits per heavy atom. The van der Waals surface area contributed by atoms with Crippen molar-refractivity contribution >= 4 is 44.0 Å². The third-order valence-corrected chi connectivity index (χ3v) is 10.8. The molecule has 1 saturated carbocycles. The molecule has 0 spiro atoms. The number of aromatic nitrogens is 2. The number of sulfonamides is 1. The predicted molar refractivity (Wildman–Crippen MR) is 191 cm³/mol. The number of hydrogen-bond donors (Lipinski definition) is 1. The Bertz CT molecular complexity index is 2120. The molecule has 2 heterocycles. The van der Waals surface area contributed by atoms with Crippen molar-refractivity contribution in [3.05, 3.63) is 130 Å². The summed E-state index contributed by atoms with van der Waals surface area (Å²) in [6, 6.07) is 28.9. The lowest BCUT2D eigenvalue weighted by Crippen LogP contribution is -2.22. The summed E-state index contributed by atoms with van der Waals surface area (Å²) in [5, 5.41) is 0.987. The topological polar surface area (TPSA) is 90.3 Å². The molecule has 0 radical (unpaired) electrons. The maximum atomic E-state index is 12.6. The molecular formula is C38H33Cl2N3O4S. The highest BCUT2D eigenvalue weighted by Gasteiger charge is 2.29. The molecule has 1 amide bonds. The molecular weight excluding hydrogens is 665 g/mol. The maximum absolute atomic E-state index is 12.6. The van der Waals surface area contributed by atoms with E-state index in [-0.39, 0.29) is 4.91 Å². The van der Waals surface area contributed by atoms with Gasteiger partial charge in [-0.1, -0.05) is 91.0 Å². The Hall–Kier alpha value is -4.37. The minimum absolute atomic E-state index is 0.0728. The summed E-state index contributed by atoms with van der Waals surface area (Å²) in [6.45, 7) is 0.786. The number of carbonyl (C=O) groups is 1. The number of hydrogen-bond acceptors (Lipinski definition) is 5. The monoisotopic (exact) mass is 697 g/mol. The summed E-state index contributed by atoms with van der Waals surface area (Å²) >= 11 is 12.7. The number of rotatable bonds is 9. The van der Waals surface area contributed by atoms with E-state index in [0.717, 1.165) is 46.5 Å². The van der Waals surface area contributed by atoms with Gasteiger partial charge in [-0.2, -0.15) is 0 Å². The molecule has 48 heavy (non-hydrogen) atoms. The van der Waals surface area contributed by atoms with Crippen LogP contribution in [0.3, 0.4) is 0 Å². The molecule has 10 heteroatoms. The van der Waals surface area contributed by atoms with E-state index in [1.807, 2.05) is 39.8 Å². The highest BCUT2D eigenvalue weighted by atomic mass is 35.5. The lowest BCUT2D eigenvalue weighted by molar-refractivity contribution is -0.114. The largest absolute Gasteiger partial charge is 0.493 e. The van der Waals surface area contributed by atoms with Crippen LogP contribution in [0.25, 0.3) is 33.0 Å². The van der Waals surface area contributed by atoms with E-state index in [2.05, 4.69) is 36.4 Å². The number of amides is 1. The van der Waals surface area contributed by atoms with E-state index in [9.17, 15) is 13.2 Å². The Balaban J connectivity index is 1.15. The Morgan fingerprint density at radius 3 is 2.27 bits per heavy atom. The number of carbonyl (C=O) groups excluding carboxylic acids is 1. The first kappa shape index (κ1) is 32.2. The molecule has 0 saturated heterocycles. The van der Waals surface area contributed by atoms with Gasteiger partial charge in [-0.05, 0) is 83.5 Å². The van der Waals surface area contributed by atoms with Crippen LogP contribution in [0.2, 0.25) is 10.0 Å². The van der Waals surface area contributed by atoms with E-state index in [4.69, 9.17) is 32.9 Å². The second-order valence-electron chi connectivity index (χ2n) is 12.3. The van der Waals surface area contributed by atoms with Crippen molar-refractivity contribution in [1.29, 1.82) is 0 Å². The van der Waals surface area contributed by atoms with Crippen LogP contribution < -0.4 is 9.46 Å². The Morgan fingerprint density at radius 2 is 1.58 bits per heavy atom. The molecule has 7 rings (SSSR count). The third kappa shape index (κ3) is 7.06. The second-order valence-corrected chi connectivity index (χ2v) is 14.8. The second kappa shape index (κ2) is 13.6. The first-order chi connectivity index (χ1) is 23.2. The highest BCUT2D eigenvalue weighted by molar-refractivity contribution is 7.99. The molecule has 0 atom stereocenters. The van der Waals surface area contributed by atoms with Gasteiger partial charge in [0, 0.05) is 35.0 Å². The fraction of sp³-hybridized carbons (Fsp3) is 0.211. The van der Waals surface area contributed by atoms with Crippen LogP contribution in [0.4, 0.5) is 0 Å². The molecule has 1 aliphatic carbocycles. The van der Waals surface area contributed by atoms with Crippen LogP contribution in [0.15, 0.2) is 103 Å². The minimum Gasteiger partial charge on any atom is -0.493 e. The average molecular weight is 699 g/mol. The van der Waals surface area contributed by atoms with Crippen molar-refractivity contribution in [2.75, 3.05) is 6.61 Å². The van der Waals surface area contributed by atoms with Gasteiger partial charge in [0.1, 0.15) is 16.5 Å². The molecule has 5 aromatic rings. The van der Waals surface area contributed by atoms with Crippen molar-refractivity contribution < 1.29 is 17.9 Å². The van der Waals surface area contributed by atoms with Gasteiger partial charge in [-0.15, -0.1) is 0 Å². The molecule has 1 aliphatic heterocycles. The van der Waals surface area contributed by atoms with Crippen LogP contribution in [0.5, 0.6) is 5.75 Å². The summed E-state index contributed by atoms with van der Waals surface area (Å²) in [7, 11) is -3.93. The number of benzene rings is 4. The molecule has 0 unspecified atom stereocenters. The van der Waals surface area contributed by atoms with Crippen molar-refractivity contribution in [1.82, 2.24) is 14.3 Å². The first-order valence-electron chi connectivity index (χ1n) is 16.0. The van der Waals surface area contributed by atoms with Crippen LogP contribution in [-0.4, -0.2) is 30.5 Å². The minimum atomic E-state index is -3.93. The van der Waals surface area contributed by atoms with Gasteiger partial charge in [-0.3, -0.25) is 4.79 Å². The predicted octanol–water partition coefficient (Wildman–Crippen LogP) is 8.86. The van der Waals surface area contributed by atoms with Crippen molar-refractivity contribution in [2.45, 2.75) is 38.5 Å². The first-order valence-corrected chi connectivity index (χ1v) is 18.2. The number of nitrogens with zero attached hydrogens (tertiary/aromatic N) is 2. The van der Waals surface area contributed by atoms with Crippen molar-refractivity contribution in [3.8, 4) is 33.8 Å². The number of halogens is 2. The third-order valence-electron chi connectivity index (χ3n) is 8.90. The van der Waals surface area contributed by atoms with E-state index in [0.29, 0.717) is 39.3 Å². The summed E-state index contributed by atoms with van der Waals surface area (Å²) < 4.78 is 35.2. The maximum Gasteiger partial charge on any atom is 0.265 e. The average Bonchev–Trinajstić information content (AvgIpc) is 3.63. The zero-order valence-corrected chi connectivity index (χ0v) is 28.4. The summed E-state index contributed by atoms with van der Waals surface area (Å²) in [5.41, 5.74) is 5.68. The molecule has 244 valence electrons. The molecule has 1 N–H and O–H groups in total. The number of imidazole rings is 1. The molecule has 0 bridgehead atoms. The van der Waals surface area contributed by atoms with Crippen LogP contribution in [0, 0.1) is 5.92 Å². The summed E-state index contributed by atoms with van der Waals surface area (Å²) in [6.07, 6.45) is 9.94.